The Labute approximate surface area is 115 Å². The second kappa shape index (κ2) is 5.38. The summed E-state index contributed by atoms with van der Waals surface area (Å²) in [5, 5.41) is 10.7. The summed E-state index contributed by atoms with van der Waals surface area (Å²) < 4.78 is 0. The zero-order chi connectivity index (χ0) is 13.1. The normalized spacial score (nSPS) is 10.1. The Morgan fingerprint density at radius 3 is 2.50 bits per heavy atom. The van der Waals surface area contributed by atoms with Gasteiger partial charge in [-0.2, -0.15) is 5.26 Å². The molecule has 5 heteroatoms. The molecule has 0 aliphatic rings. The summed E-state index contributed by atoms with van der Waals surface area (Å²) in [6.45, 7) is 3.97. The van der Waals surface area contributed by atoms with Crippen LogP contribution in [0.5, 0.6) is 0 Å². The van der Waals surface area contributed by atoms with E-state index in [4.69, 9.17) is 16.9 Å². The van der Waals surface area contributed by atoms with Gasteiger partial charge in [-0.25, -0.2) is 9.97 Å². The third-order valence-corrected chi connectivity index (χ3v) is 3.21. The Hall–Kier alpha value is -1.57. The number of aromatic nitrogens is 2. The van der Waals surface area contributed by atoms with Crippen LogP contribution in [-0.2, 0) is 0 Å². The lowest BCUT2D eigenvalue weighted by Gasteiger charge is -2.04. The number of rotatable bonds is 2. The second-order valence-electron chi connectivity index (χ2n) is 3.85. The zero-order valence-electron chi connectivity index (χ0n) is 9.94. The van der Waals surface area contributed by atoms with E-state index in [0.29, 0.717) is 15.7 Å². The monoisotopic (exact) mass is 275 g/mol. The molecule has 0 amide bonds. The van der Waals surface area contributed by atoms with Gasteiger partial charge in [-0.1, -0.05) is 11.6 Å². The van der Waals surface area contributed by atoms with Crippen LogP contribution in [0.2, 0.25) is 5.15 Å². The molecule has 2 heterocycles. The van der Waals surface area contributed by atoms with Crippen molar-refractivity contribution in [3.63, 3.8) is 0 Å². The minimum absolute atomic E-state index is 0.320. The second-order valence-corrected chi connectivity index (χ2v) is 5.28. The van der Waals surface area contributed by atoms with E-state index in [0.717, 1.165) is 16.3 Å². The minimum Gasteiger partial charge on any atom is -0.246 e. The molecule has 0 aromatic carbocycles. The largest absolute Gasteiger partial charge is 0.246 e. The van der Waals surface area contributed by atoms with Crippen LogP contribution in [0.4, 0.5) is 0 Å². The van der Waals surface area contributed by atoms with Crippen molar-refractivity contribution in [1.82, 2.24) is 9.97 Å². The first kappa shape index (κ1) is 12.9. The van der Waals surface area contributed by atoms with E-state index < -0.39 is 0 Å². The Bertz CT molecular complexity index is 614. The molecule has 2 rings (SSSR count). The van der Waals surface area contributed by atoms with Crippen LogP contribution in [0, 0.1) is 25.2 Å². The molecule has 0 spiro atoms. The molecule has 90 valence electrons. The van der Waals surface area contributed by atoms with Gasteiger partial charge in [0.25, 0.3) is 0 Å². The maximum absolute atomic E-state index is 8.88. The van der Waals surface area contributed by atoms with E-state index >= 15 is 0 Å². The van der Waals surface area contributed by atoms with Crippen molar-refractivity contribution in [3.8, 4) is 6.07 Å². The van der Waals surface area contributed by atoms with Gasteiger partial charge in [0.15, 0.2) is 0 Å². The van der Waals surface area contributed by atoms with E-state index in [1.54, 1.807) is 12.1 Å². The summed E-state index contributed by atoms with van der Waals surface area (Å²) in [6, 6.07) is 9.29. The molecule has 0 bridgehead atoms. The summed E-state index contributed by atoms with van der Waals surface area (Å²) in [6.07, 6.45) is 0. The van der Waals surface area contributed by atoms with Crippen LogP contribution in [-0.4, -0.2) is 9.97 Å². The molecule has 3 nitrogen and oxygen atoms in total. The predicted octanol–water partition coefficient (Wildman–Crippen LogP) is 3.77. The van der Waals surface area contributed by atoms with Crippen LogP contribution in [0.25, 0.3) is 0 Å². The molecule has 0 aliphatic heterocycles. The third kappa shape index (κ3) is 3.22. The van der Waals surface area contributed by atoms with Gasteiger partial charge in [0, 0.05) is 5.69 Å². The first-order valence-electron chi connectivity index (χ1n) is 5.27. The molecule has 0 saturated heterocycles. The summed E-state index contributed by atoms with van der Waals surface area (Å²) in [5.74, 6) is 0. The lowest BCUT2D eigenvalue weighted by atomic mass is 10.3. The van der Waals surface area contributed by atoms with Crippen molar-refractivity contribution in [2.45, 2.75) is 23.9 Å². The summed E-state index contributed by atoms with van der Waals surface area (Å²) in [4.78, 5) is 8.59. The number of pyridine rings is 2. The fourth-order valence-electron chi connectivity index (χ4n) is 1.55. The molecule has 0 fully saturated rings. The molecule has 0 aliphatic carbocycles. The van der Waals surface area contributed by atoms with Gasteiger partial charge >= 0.3 is 0 Å². The zero-order valence-corrected chi connectivity index (χ0v) is 11.5. The van der Waals surface area contributed by atoms with Gasteiger partial charge in [0.1, 0.15) is 15.2 Å². The van der Waals surface area contributed by atoms with Gasteiger partial charge in [-0.05, 0) is 55.4 Å². The van der Waals surface area contributed by atoms with Gasteiger partial charge in [-0.15, -0.1) is 0 Å². The Balaban J connectivity index is 2.34. The Morgan fingerprint density at radius 2 is 1.83 bits per heavy atom. The topological polar surface area (TPSA) is 49.6 Å². The number of nitrogens with zero attached hydrogens (tertiary/aromatic N) is 3. The summed E-state index contributed by atoms with van der Waals surface area (Å²) in [7, 11) is 0. The van der Waals surface area contributed by atoms with Crippen molar-refractivity contribution >= 4 is 23.4 Å². The fourth-order valence-corrected chi connectivity index (χ4v) is 2.79. The van der Waals surface area contributed by atoms with E-state index in [1.165, 1.54) is 11.8 Å². The maximum Gasteiger partial charge on any atom is 0.131 e. The van der Waals surface area contributed by atoms with Crippen molar-refractivity contribution in [3.05, 3.63) is 46.2 Å². The van der Waals surface area contributed by atoms with E-state index in [-0.39, 0.29) is 0 Å². The lowest BCUT2D eigenvalue weighted by molar-refractivity contribution is 1.03. The molecule has 2 aromatic heterocycles. The van der Waals surface area contributed by atoms with E-state index in [1.807, 2.05) is 26.0 Å². The highest BCUT2D eigenvalue weighted by molar-refractivity contribution is 7.99. The van der Waals surface area contributed by atoms with Crippen molar-refractivity contribution in [1.29, 1.82) is 5.26 Å². The quantitative estimate of drug-likeness (QED) is 0.783. The summed E-state index contributed by atoms with van der Waals surface area (Å²) in [5.41, 5.74) is 2.61. The third-order valence-electron chi connectivity index (χ3n) is 2.18. The highest BCUT2D eigenvalue weighted by Gasteiger charge is 2.05. The first-order valence-corrected chi connectivity index (χ1v) is 6.47. The molecule has 2 aromatic rings. The highest BCUT2D eigenvalue weighted by Crippen LogP contribution is 2.27. The molecule has 0 radical (unpaired) electrons. The molecular formula is C13H10ClN3S. The Kier molecular flexibility index (Phi) is 3.85. The first-order chi connectivity index (χ1) is 8.56. The smallest absolute Gasteiger partial charge is 0.131 e. The number of halogens is 1. The predicted molar refractivity (Wildman–Crippen MR) is 71.8 cm³/mol. The maximum atomic E-state index is 8.88. The SMILES string of the molecule is Cc1cc(C)nc(Sc2cc(C#N)cc(Cl)n2)c1. The van der Waals surface area contributed by atoms with Crippen molar-refractivity contribution in [2.75, 3.05) is 0 Å². The highest BCUT2D eigenvalue weighted by atomic mass is 35.5. The van der Waals surface area contributed by atoms with Crippen LogP contribution < -0.4 is 0 Å². The van der Waals surface area contributed by atoms with Crippen LogP contribution in [0.1, 0.15) is 16.8 Å². The van der Waals surface area contributed by atoms with E-state index in [2.05, 4.69) is 16.0 Å². The van der Waals surface area contributed by atoms with Crippen LogP contribution in [0.15, 0.2) is 34.3 Å². The molecule has 0 unspecified atom stereocenters. The van der Waals surface area contributed by atoms with Gasteiger partial charge in [-0.3, -0.25) is 0 Å². The van der Waals surface area contributed by atoms with E-state index in [9.17, 15) is 0 Å². The number of nitriles is 1. The number of hydrogen-bond donors (Lipinski definition) is 0. The van der Waals surface area contributed by atoms with Crippen molar-refractivity contribution < 1.29 is 0 Å². The fraction of sp³-hybridized carbons (Fsp3) is 0.154. The van der Waals surface area contributed by atoms with Gasteiger partial charge in [0.05, 0.1) is 11.6 Å². The molecule has 18 heavy (non-hydrogen) atoms. The molecule has 0 saturated carbocycles. The summed E-state index contributed by atoms with van der Waals surface area (Å²) >= 11 is 7.26. The van der Waals surface area contributed by atoms with Crippen molar-refractivity contribution in [2.24, 2.45) is 0 Å². The lowest BCUT2D eigenvalue weighted by Crippen LogP contribution is -1.89. The van der Waals surface area contributed by atoms with Crippen LogP contribution in [0.3, 0.4) is 0 Å². The number of hydrogen-bond acceptors (Lipinski definition) is 4. The number of aryl methyl sites for hydroxylation is 2. The minimum atomic E-state index is 0.320. The van der Waals surface area contributed by atoms with Crippen LogP contribution >= 0.6 is 23.4 Å². The standard InChI is InChI=1S/C13H10ClN3S/c1-8-3-9(2)16-12(4-8)18-13-6-10(7-15)5-11(14)17-13/h3-6H,1-2H3. The van der Waals surface area contributed by atoms with Gasteiger partial charge < -0.3 is 0 Å². The van der Waals surface area contributed by atoms with Gasteiger partial charge in [0.2, 0.25) is 0 Å². The average molecular weight is 276 g/mol. The molecule has 0 N–H and O–H groups in total. The molecule has 0 atom stereocenters. The average Bonchev–Trinajstić information content (AvgIpc) is 2.26. The molecular weight excluding hydrogens is 266 g/mol. The Morgan fingerprint density at radius 1 is 1.11 bits per heavy atom.